The number of aromatic nitrogens is 2. The molecule has 4 N–H and O–H groups in total. The van der Waals surface area contributed by atoms with Crippen LogP contribution in [0.1, 0.15) is 36.4 Å². The maximum absolute atomic E-state index is 14.5. The Morgan fingerprint density at radius 1 is 0.750 bits per heavy atom. The predicted molar refractivity (Wildman–Crippen MR) is 207 cm³/mol. The Morgan fingerprint density at radius 3 is 1.85 bits per heavy atom. The number of carboxylic acid groups (broad SMARTS) is 2. The Labute approximate surface area is 339 Å². The van der Waals surface area contributed by atoms with E-state index >= 15 is 0 Å². The van der Waals surface area contributed by atoms with Crippen molar-refractivity contribution >= 4 is 28.7 Å². The number of carbonyl (C=O) groups is 3. The van der Waals surface area contributed by atoms with Crippen LogP contribution >= 0.6 is 0 Å². The quantitative estimate of drug-likeness (QED) is 0.0731. The molecule has 2 atom stereocenters. The molecule has 0 aliphatic rings. The lowest BCUT2D eigenvalue weighted by atomic mass is 10.0. The molecule has 1 amide bonds. The van der Waals surface area contributed by atoms with Crippen LogP contribution in [0, 0.1) is 17.5 Å². The highest BCUT2D eigenvalue weighted by molar-refractivity contribution is 5.83. The number of carboxylic acids is 2. The first-order valence-corrected chi connectivity index (χ1v) is 18.5. The van der Waals surface area contributed by atoms with E-state index in [9.17, 15) is 45.5 Å². The van der Waals surface area contributed by atoms with Gasteiger partial charge in [0, 0.05) is 31.6 Å². The fourth-order valence-electron chi connectivity index (χ4n) is 6.14. The minimum Gasteiger partial charge on any atom is -0.479 e. The largest absolute Gasteiger partial charge is 0.479 e. The minimum absolute atomic E-state index is 0.120. The Morgan fingerprint density at radius 2 is 1.30 bits per heavy atom. The van der Waals surface area contributed by atoms with Crippen molar-refractivity contribution in [3.05, 3.63) is 135 Å². The van der Waals surface area contributed by atoms with Crippen LogP contribution < -0.4 is 5.56 Å². The van der Waals surface area contributed by atoms with Crippen LogP contribution in [-0.4, -0.2) is 96.0 Å². The van der Waals surface area contributed by atoms with Crippen LogP contribution in [-0.2, 0) is 46.5 Å². The highest BCUT2D eigenvalue weighted by Crippen LogP contribution is 2.31. The first kappa shape index (κ1) is 46.6. The number of nitrogens with zero attached hydrogens (tertiary/aromatic N) is 4. The van der Waals surface area contributed by atoms with Crippen molar-refractivity contribution in [3.8, 4) is 11.1 Å². The summed E-state index contributed by atoms with van der Waals surface area (Å²) in [6.45, 7) is 6.50. The second-order valence-electron chi connectivity index (χ2n) is 13.4. The molecule has 5 aromatic rings. The fourth-order valence-corrected chi connectivity index (χ4v) is 6.14. The maximum atomic E-state index is 14.5. The summed E-state index contributed by atoms with van der Waals surface area (Å²) in [7, 11) is 0. The van der Waals surface area contributed by atoms with Crippen molar-refractivity contribution in [2.45, 2.75) is 58.2 Å². The van der Waals surface area contributed by atoms with Crippen molar-refractivity contribution in [1.82, 2.24) is 19.4 Å². The molecule has 0 bridgehead atoms. The summed E-state index contributed by atoms with van der Waals surface area (Å²) in [4.78, 5) is 54.7. The lowest BCUT2D eigenvalue weighted by Crippen LogP contribution is -2.40. The van der Waals surface area contributed by atoms with Gasteiger partial charge in [-0.1, -0.05) is 62.4 Å². The van der Waals surface area contributed by atoms with Gasteiger partial charge in [-0.2, -0.15) is 18.2 Å². The Bertz CT molecular complexity index is 2320. The molecule has 0 saturated carbocycles. The van der Waals surface area contributed by atoms with Crippen molar-refractivity contribution in [2.75, 3.05) is 26.2 Å². The van der Waals surface area contributed by atoms with Gasteiger partial charge in [-0.05, 0) is 72.6 Å². The van der Waals surface area contributed by atoms with E-state index in [1.165, 1.54) is 12.1 Å². The first-order valence-electron chi connectivity index (χ1n) is 18.5. The third-order valence-electron chi connectivity index (χ3n) is 9.61. The minimum atomic E-state index is -4.43. The van der Waals surface area contributed by atoms with Crippen molar-refractivity contribution in [3.63, 3.8) is 0 Å². The SMILES string of the molecule is CCN(CC)CCN(Cc1ccc(-c2ccc(C(F)(F)F)cc2)cc1)C(=O)Cn1c(CCc2c(F)ccc(F)c2F)nc(=O)c2ccccc21.O=C(O)[C@H](O)[C@@H](O)C(=O)O. The summed E-state index contributed by atoms with van der Waals surface area (Å²) < 4.78 is 83.5. The number of hydrogen-bond donors (Lipinski definition) is 4. The lowest BCUT2D eigenvalue weighted by Gasteiger charge is -2.28. The molecule has 320 valence electrons. The second kappa shape index (κ2) is 20.7. The van der Waals surface area contributed by atoms with E-state index in [4.69, 9.17) is 20.4 Å². The smallest absolute Gasteiger partial charge is 0.416 e. The monoisotopic (exact) mass is 844 g/mol. The molecule has 12 nitrogen and oxygen atoms in total. The number of hydrogen-bond acceptors (Lipinski definition) is 8. The normalized spacial score (nSPS) is 12.4. The summed E-state index contributed by atoms with van der Waals surface area (Å²) in [5, 5.41) is 32.8. The van der Waals surface area contributed by atoms with Gasteiger partial charge in [0.15, 0.2) is 23.8 Å². The fraction of sp³-hybridized carbons (Fsp3) is 0.310. The number of aliphatic hydroxyl groups is 2. The van der Waals surface area contributed by atoms with Crippen LogP contribution in [0.4, 0.5) is 26.3 Å². The van der Waals surface area contributed by atoms with E-state index in [0.717, 1.165) is 36.9 Å². The van der Waals surface area contributed by atoms with Crippen molar-refractivity contribution in [1.29, 1.82) is 0 Å². The van der Waals surface area contributed by atoms with Crippen LogP contribution in [0.5, 0.6) is 0 Å². The molecule has 0 spiro atoms. The number of rotatable bonds is 16. The van der Waals surface area contributed by atoms with Crippen LogP contribution in [0.25, 0.3) is 22.0 Å². The number of aryl methyl sites for hydroxylation is 1. The average molecular weight is 845 g/mol. The zero-order valence-electron chi connectivity index (χ0n) is 32.4. The third-order valence-corrected chi connectivity index (χ3v) is 9.61. The zero-order valence-corrected chi connectivity index (χ0v) is 32.4. The van der Waals surface area contributed by atoms with Gasteiger partial charge in [0.2, 0.25) is 5.91 Å². The van der Waals surface area contributed by atoms with Gasteiger partial charge >= 0.3 is 18.1 Å². The van der Waals surface area contributed by atoms with Crippen LogP contribution in [0.2, 0.25) is 0 Å². The summed E-state index contributed by atoms with van der Waals surface area (Å²) in [6, 6.07) is 20.2. The lowest BCUT2D eigenvalue weighted by molar-refractivity contribution is -0.165. The van der Waals surface area contributed by atoms with E-state index in [2.05, 4.69) is 9.88 Å². The zero-order chi connectivity index (χ0) is 44.3. The van der Waals surface area contributed by atoms with Gasteiger partial charge in [-0.25, -0.2) is 22.8 Å². The number of carbonyl (C=O) groups excluding carboxylic acids is 1. The number of fused-ring (bicyclic) bond motifs is 1. The van der Waals surface area contributed by atoms with Crippen LogP contribution in [0.3, 0.4) is 0 Å². The number of para-hydroxylation sites is 1. The molecule has 0 fully saturated rings. The molecule has 0 aliphatic carbocycles. The number of alkyl halides is 3. The molecule has 0 saturated heterocycles. The first-order chi connectivity index (χ1) is 28.4. The van der Waals surface area contributed by atoms with E-state index < -0.39 is 64.5 Å². The molecule has 1 aromatic heterocycles. The topological polar surface area (TPSA) is 174 Å². The average Bonchev–Trinajstić information content (AvgIpc) is 3.22. The number of benzene rings is 4. The number of aliphatic carboxylic acids is 2. The highest BCUT2D eigenvalue weighted by atomic mass is 19.4. The van der Waals surface area contributed by atoms with Crippen molar-refractivity contribution in [2.24, 2.45) is 0 Å². The highest BCUT2D eigenvalue weighted by Gasteiger charge is 2.30. The van der Waals surface area contributed by atoms with E-state index in [-0.39, 0.29) is 43.0 Å². The van der Waals surface area contributed by atoms with Crippen LogP contribution in [0.15, 0.2) is 89.7 Å². The molecule has 18 heteroatoms. The van der Waals surface area contributed by atoms with Gasteiger partial charge < -0.3 is 34.8 Å². The Balaban J connectivity index is 0.000000703. The number of halogens is 6. The molecule has 0 aliphatic heterocycles. The number of aliphatic hydroxyl groups excluding tert-OH is 2. The molecule has 5 rings (SSSR count). The van der Waals surface area contributed by atoms with Crippen molar-refractivity contribution < 1.29 is 61.2 Å². The van der Waals surface area contributed by atoms with Gasteiger partial charge in [-0.15, -0.1) is 0 Å². The van der Waals surface area contributed by atoms with E-state index in [1.54, 1.807) is 45.9 Å². The molecule has 0 radical (unpaired) electrons. The summed E-state index contributed by atoms with van der Waals surface area (Å²) in [5.74, 6) is -7.16. The molecule has 4 aromatic carbocycles. The second-order valence-corrected chi connectivity index (χ2v) is 13.4. The molecule has 1 heterocycles. The van der Waals surface area contributed by atoms with Gasteiger partial charge in [0.1, 0.15) is 18.2 Å². The van der Waals surface area contributed by atoms with E-state index in [1.807, 2.05) is 26.0 Å². The Kier molecular flexibility index (Phi) is 16.1. The molecule has 0 unspecified atom stereocenters. The Hall–Kier alpha value is -6.11. The third kappa shape index (κ3) is 12.0. The molecular formula is C42H42F6N4O8. The maximum Gasteiger partial charge on any atom is 0.416 e. The molecule has 60 heavy (non-hydrogen) atoms. The standard InChI is InChI=1S/C38H36F6N4O2.C4H6O6/c1-3-46(4-2)21-22-47(23-25-9-11-26(12-10-25)27-13-15-28(16-14-27)38(42,43)44)35(49)24-48-33-8-6-5-7-30(33)37(50)45-34(48)20-17-29-31(39)18-19-32(40)36(29)41;5-1(3(7)8)2(6)4(9)10/h5-16,18-19H,3-4,17,20-24H2,1-2H3;1-2,5-6H,(H,7,8)(H,9,10)/t;1-,2-/m.1/s1. The number of amides is 1. The number of likely N-dealkylation sites (N-methyl/N-ethyl adjacent to an activating group) is 1. The van der Waals surface area contributed by atoms with E-state index in [0.29, 0.717) is 35.8 Å². The van der Waals surface area contributed by atoms with Gasteiger partial charge in [0.05, 0.1) is 16.5 Å². The summed E-state index contributed by atoms with van der Waals surface area (Å²) in [6.07, 6.45) is -9.41. The van der Waals surface area contributed by atoms with Gasteiger partial charge in [0.25, 0.3) is 5.56 Å². The van der Waals surface area contributed by atoms with Gasteiger partial charge in [-0.3, -0.25) is 9.59 Å². The predicted octanol–water partition coefficient (Wildman–Crippen LogP) is 5.53. The summed E-state index contributed by atoms with van der Waals surface area (Å²) in [5.41, 5.74) is 0.751. The summed E-state index contributed by atoms with van der Waals surface area (Å²) >= 11 is 0. The molecular weight excluding hydrogens is 802 g/mol.